The smallest absolute Gasteiger partial charge is 0.412 e. The largest absolute Gasteiger partial charge is 0.506 e. The van der Waals surface area contributed by atoms with Gasteiger partial charge in [-0.2, -0.15) is 0 Å². The molecule has 0 heterocycles. The maximum absolute atomic E-state index is 12.6. The van der Waals surface area contributed by atoms with Gasteiger partial charge in [-0.1, -0.05) is 31.9 Å². The molecule has 0 fully saturated rings. The van der Waals surface area contributed by atoms with Gasteiger partial charge in [0.2, 0.25) is 0 Å². The Bertz CT molecular complexity index is 933. The number of hydrogen-bond acceptors (Lipinski definition) is 5. The van der Waals surface area contributed by atoms with Crippen LogP contribution < -0.4 is 5.32 Å². The second-order valence-corrected chi connectivity index (χ2v) is 8.59. The molecule has 0 aliphatic heterocycles. The quantitative estimate of drug-likeness (QED) is 0.317. The third-order valence-electron chi connectivity index (χ3n) is 3.77. The molecule has 2 aromatic rings. The summed E-state index contributed by atoms with van der Waals surface area (Å²) in [6.07, 6.45) is -0.740. The lowest BCUT2D eigenvalue weighted by atomic mass is 10.0. The number of hydrogen-bond donors (Lipinski definition) is 3. The molecule has 0 aliphatic rings. The van der Waals surface area contributed by atoms with E-state index in [1.165, 1.54) is 6.08 Å². The van der Waals surface area contributed by atoms with Crippen LogP contribution in [0.25, 0.3) is 0 Å². The first-order valence-electron chi connectivity index (χ1n) is 8.65. The van der Waals surface area contributed by atoms with Crippen LogP contribution in [0.2, 0.25) is 0 Å². The molecule has 0 saturated carbocycles. The number of ether oxygens (including phenoxy) is 2. The number of aliphatic carboxylic acids is 1. The van der Waals surface area contributed by atoms with Crippen molar-refractivity contribution >= 4 is 65.5 Å². The van der Waals surface area contributed by atoms with Crippen LogP contribution >= 0.6 is 47.8 Å². The minimum absolute atomic E-state index is 0.159. The van der Waals surface area contributed by atoms with Gasteiger partial charge < -0.3 is 19.7 Å². The minimum Gasteiger partial charge on any atom is -0.506 e. The van der Waals surface area contributed by atoms with Crippen molar-refractivity contribution in [2.24, 2.45) is 0 Å². The summed E-state index contributed by atoms with van der Waals surface area (Å²) >= 11 is 9.90. The van der Waals surface area contributed by atoms with Crippen molar-refractivity contribution in [2.45, 2.75) is 19.1 Å². The van der Waals surface area contributed by atoms with Gasteiger partial charge in [-0.3, -0.25) is 5.32 Å². The number of phenolic OH excluding ortho intramolecular Hbond substituents is 1. The van der Waals surface area contributed by atoms with Crippen LogP contribution in [0.5, 0.6) is 5.75 Å². The average Bonchev–Trinajstić information content (AvgIpc) is 2.68. The van der Waals surface area contributed by atoms with Crippen LogP contribution in [-0.2, 0) is 14.3 Å². The van der Waals surface area contributed by atoms with Crippen molar-refractivity contribution < 1.29 is 29.3 Å². The first-order chi connectivity index (χ1) is 14.2. The molecule has 1 amide bonds. The summed E-state index contributed by atoms with van der Waals surface area (Å²) in [5, 5.41) is 22.1. The number of benzene rings is 2. The zero-order valence-electron chi connectivity index (χ0n) is 15.6. The van der Waals surface area contributed by atoms with Gasteiger partial charge in [0.15, 0.2) is 6.10 Å². The van der Waals surface area contributed by atoms with Crippen LogP contribution in [0, 0.1) is 0 Å². The maximum atomic E-state index is 12.6. The van der Waals surface area contributed by atoms with Crippen molar-refractivity contribution in [3.63, 3.8) is 0 Å². The number of aromatic hydroxyl groups is 1. The molecule has 0 aliphatic carbocycles. The monoisotopic (exact) mass is 605 g/mol. The van der Waals surface area contributed by atoms with E-state index in [2.05, 4.69) is 53.1 Å². The van der Waals surface area contributed by atoms with Crippen molar-refractivity contribution in [3.8, 4) is 5.75 Å². The Hall–Kier alpha value is -1.88. The molecule has 2 rings (SSSR count). The molecule has 0 aromatic heterocycles. The highest BCUT2D eigenvalue weighted by Gasteiger charge is 2.30. The van der Waals surface area contributed by atoms with Crippen molar-refractivity contribution in [2.75, 3.05) is 11.9 Å². The van der Waals surface area contributed by atoms with E-state index >= 15 is 0 Å². The molecule has 7 nitrogen and oxygen atoms in total. The number of carboxylic acids is 1. The van der Waals surface area contributed by atoms with Gasteiger partial charge in [0.05, 0.1) is 4.47 Å². The van der Waals surface area contributed by atoms with Crippen LogP contribution in [-0.4, -0.2) is 35.0 Å². The minimum atomic E-state index is -1.18. The van der Waals surface area contributed by atoms with Crippen molar-refractivity contribution in [1.29, 1.82) is 0 Å². The number of nitrogens with one attached hydrogen (secondary N) is 1. The highest BCUT2D eigenvalue weighted by Crippen LogP contribution is 2.39. The number of rotatable bonds is 8. The van der Waals surface area contributed by atoms with Crippen LogP contribution in [0.3, 0.4) is 0 Å². The van der Waals surface area contributed by atoms with E-state index in [0.717, 1.165) is 10.5 Å². The van der Waals surface area contributed by atoms with Gasteiger partial charge in [-0.05, 0) is 65.3 Å². The molecule has 0 unspecified atom stereocenters. The SMILES string of the molecule is CCO[C@H](/C=C/C(=O)O)[C@H](OC(=O)Nc1ccc(Br)cc1)c1cc(Br)cc(Br)c1O. The predicted molar refractivity (Wildman–Crippen MR) is 123 cm³/mol. The second-order valence-electron chi connectivity index (χ2n) is 5.90. The highest BCUT2D eigenvalue weighted by atomic mass is 79.9. The fourth-order valence-corrected chi connectivity index (χ4v) is 4.04. The van der Waals surface area contributed by atoms with Gasteiger partial charge in [0.1, 0.15) is 11.9 Å². The number of carboxylic acid groups (broad SMARTS) is 1. The second kappa shape index (κ2) is 11.5. The fourth-order valence-electron chi connectivity index (χ4n) is 2.52. The number of carbonyl (C=O) groups is 2. The summed E-state index contributed by atoms with van der Waals surface area (Å²) in [4.78, 5) is 23.6. The van der Waals surface area contributed by atoms with Gasteiger partial charge in [0, 0.05) is 32.9 Å². The predicted octanol–water partition coefficient (Wildman–Crippen LogP) is 6.02. The molecule has 2 aromatic carbocycles. The lowest BCUT2D eigenvalue weighted by Crippen LogP contribution is -2.28. The zero-order chi connectivity index (χ0) is 22.3. The fraction of sp³-hybridized carbons (Fsp3) is 0.200. The van der Waals surface area contributed by atoms with Crippen LogP contribution in [0.1, 0.15) is 18.6 Å². The first kappa shape index (κ1) is 24.4. The summed E-state index contributed by atoms with van der Waals surface area (Å²) < 4.78 is 13.0. The molecular weight excluding hydrogens is 590 g/mol. The lowest BCUT2D eigenvalue weighted by molar-refractivity contribution is -0.131. The Kier molecular flexibility index (Phi) is 9.35. The van der Waals surface area contributed by atoms with Gasteiger partial charge in [-0.15, -0.1) is 0 Å². The Morgan fingerprint density at radius 3 is 2.40 bits per heavy atom. The van der Waals surface area contributed by atoms with E-state index in [4.69, 9.17) is 14.6 Å². The number of anilines is 1. The first-order valence-corrected chi connectivity index (χ1v) is 11.0. The molecule has 0 radical (unpaired) electrons. The molecule has 3 N–H and O–H groups in total. The lowest BCUT2D eigenvalue weighted by Gasteiger charge is -2.26. The summed E-state index contributed by atoms with van der Waals surface area (Å²) in [6, 6.07) is 10.1. The Morgan fingerprint density at radius 1 is 1.13 bits per heavy atom. The van der Waals surface area contributed by atoms with E-state index in [0.29, 0.717) is 14.6 Å². The van der Waals surface area contributed by atoms with E-state index in [1.807, 2.05) is 0 Å². The van der Waals surface area contributed by atoms with Gasteiger partial charge >= 0.3 is 12.1 Å². The zero-order valence-corrected chi connectivity index (χ0v) is 20.4. The maximum Gasteiger partial charge on any atom is 0.412 e. The summed E-state index contributed by atoms with van der Waals surface area (Å²) in [5.74, 6) is -1.34. The Labute approximate surface area is 198 Å². The van der Waals surface area contributed by atoms with E-state index in [1.54, 1.807) is 43.3 Å². The van der Waals surface area contributed by atoms with Crippen molar-refractivity contribution in [1.82, 2.24) is 0 Å². The molecule has 160 valence electrons. The number of amides is 1. The molecule has 0 spiro atoms. The standard InChI is InChI=1S/C20H18Br3NO6/c1-2-29-16(7-8-17(25)26)19(14-9-12(22)10-15(23)18(14)27)30-20(28)24-13-5-3-11(21)4-6-13/h3-10,16,19,27H,2H2,1H3,(H,24,28)(H,25,26)/b8-7+/t16-,19-/m1/s1. The van der Waals surface area contributed by atoms with E-state index in [-0.39, 0.29) is 17.9 Å². The summed E-state index contributed by atoms with van der Waals surface area (Å²) in [7, 11) is 0. The summed E-state index contributed by atoms with van der Waals surface area (Å²) in [6.45, 7) is 1.94. The van der Waals surface area contributed by atoms with Crippen molar-refractivity contribution in [3.05, 3.63) is 67.5 Å². The third-order valence-corrected chi connectivity index (χ3v) is 5.37. The van der Waals surface area contributed by atoms with E-state index in [9.17, 15) is 14.7 Å². The number of halogens is 3. The number of phenols is 1. The van der Waals surface area contributed by atoms with Gasteiger partial charge in [-0.25, -0.2) is 9.59 Å². The molecule has 2 atom stereocenters. The average molecular weight is 608 g/mol. The molecule has 0 saturated heterocycles. The topological polar surface area (TPSA) is 105 Å². The molecule has 30 heavy (non-hydrogen) atoms. The molecule has 10 heteroatoms. The van der Waals surface area contributed by atoms with Crippen LogP contribution in [0.4, 0.5) is 10.5 Å². The Morgan fingerprint density at radius 2 is 1.80 bits per heavy atom. The normalized spacial score (nSPS) is 13.1. The summed E-state index contributed by atoms with van der Waals surface area (Å²) in [5.41, 5.74) is 0.728. The molecule has 0 bridgehead atoms. The Balaban J connectivity index is 2.40. The third kappa shape index (κ3) is 7.12. The van der Waals surface area contributed by atoms with E-state index < -0.39 is 24.3 Å². The van der Waals surface area contributed by atoms with Gasteiger partial charge in [0.25, 0.3) is 0 Å². The highest BCUT2D eigenvalue weighted by molar-refractivity contribution is 9.11. The molecular formula is C20H18Br3NO6. The number of carbonyl (C=O) groups excluding carboxylic acids is 1. The van der Waals surface area contributed by atoms with Crippen LogP contribution in [0.15, 0.2) is 62.0 Å².